The summed E-state index contributed by atoms with van der Waals surface area (Å²) in [6, 6.07) is 3.38. The van der Waals surface area contributed by atoms with Crippen LogP contribution >= 0.6 is 0 Å². The maximum atomic E-state index is 13.9. The predicted molar refractivity (Wildman–Crippen MR) is 66.3 cm³/mol. The number of benzene rings is 1. The molecule has 1 aromatic rings. The molecule has 2 radical (unpaired) electrons. The minimum atomic E-state index is -3.24. The van der Waals surface area contributed by atoms with Gasteiger partial charge < -0.3 is 4.74 Å². The Bertz CT molecular complexity index is 449. The Morgan fingerprint density at radius 2 is 1.83 bits per heavy atom. The van der Waals surface area contributed by atoms with Crippen LogP contribution in [0.15, 0.2) is 30.4 Å². The number of ether oxygens (including phenoxy) is 1. The van der Waals surface area contributed by atoms with E-state index in [4.69, 9.17) is 12.6 Å². The Morgan fingerprint density at radius 3 is 2.28 bits per heavy atom. The van der Waals surface area contributed by atoms with E-state index >= 15 is 0 Å². The fourth-order valence-electron chi connectivity index (χ4n) is 1.52. The average molecular weight is 254 g/mol. The maximum Gasteiger partial charge on any atom is 0.306 e. The minimum absolute atomic E-state index is 0.0431. The molecule has 0 aromatic heterocycles. The lowest BCUT2D eigenvalue weighted by molar-refractivity contribution is -0.119. The zero-order valence-corrected chi connectivity index (χ0v) is 10.6. The summed E-state index contributed by atoms with van der Waals surface area (Å²) in [4.78, 5) is 0. The van der Waals surface area contributed by atoms with Crippen molar-refractivity contribution in [3.8, 4) is 5.75 Å². The smallest absolute Gasteiger partial charge is 0.306 e. The highest BCUT2D eigenvalue weighted by atomic mass is 19.3. The Labute approximate surface area is 106 Å². The van der Waals surface area contributed by atoms with Gasteiger partial charge in [-0.15, -0.1) is 0 Å². The molecule has 1 rings (SSSR count). The lowest BCUT2D eigenvalue weighted by atomic mass is 9.93. The van der Waals surface area contributed by atoms with E-state index in [1.807, 2.05) is 0 Å². The SMILES string of the molecule is [B]c1cc(F)cc(OC(C)(C)C(F)(F)C(=C)C)c1. The molecule has 0 N–H and O–H groups in total. The van der Waals surface area contributed by atoms with Crippen LogP contribution in [0.1, 0.15) is 20.8 Å². The van der Waals surface area contributed by atoms with Crippen LogP contribution in [0.5, 0.6) is 5.75 Å². The molecule has 18 heavy (non-hydrogen) atoms. The van der Waals surface area contributed by atoms with Crippen molar-refractivity contribution in [3.63, 3.8) is 0 Å². The number of hydrogen-bond donors (Lipinski definition) is 0. The highest BCUT2D eigenvalue weighted by Gasteiger charge is 2.49. The fourth-order valence-corrected chi connectivity index (χ4v) is 1.52. The molecule has 1 nitrogen and oxygen atoms in total. The summed E-state index contributed by atoms with van der Waals surface area (Å²) in [7, 11) is 5.42. The summed E-state index contributed by atoms with van der Waals surface area (Å²) in [5, 5.41) is 0. The quantitative estimate of drug-likeness (QED) is 0.592. The lowest BCUT2D eigenvalue weighted by Crippen LogP contribution is -2.48. The summed E-state index contributed by atoms with van der Waals surface area (Å²) in [5.41, 5.74) is -2.06. The van der Waals surface area contributed by atoms with Gasteiger partial charge in [-0.3, -0.25) is 0 Å². The van der Waals surface area contributed by atoms with Crippen molar-refractivity contribution < 1.29 is 17.9 Å². The topological polar surface area (TPSA) is 9.23 Å². The number of hydrogen-bond acceptors (Lipinski definition) is 1. The molecule has 0 amide bonds. The Kier molecular flexibility index (Phi) is 3.84. The molecular formula is C13H14BF3O. The van der Waals surface area contributed by atoms with Gasteiger partial charge in [-0.25, -0.2) is 4.39 Å². The Balaban J connectivity index is 3.05. The van der Waals surface area contributed by atoms with Crippen molar-refractivity contribution >= 4 is 13.3 Å². The first-order valence-electron chi connectivity index (χ1n) is 5.35. The summed E-state index contributed by atoms with van der Waals surface area (Å²) < 4.78 is 46.0. The third kappa shape index (κ3) is 2.89. The van der Waals surface area contributed by atoms with Crippen molar-refractivity contribution in [2.45, 2.75) is 32.3 Å². The first-order chi connectivity index (χ1) is 8.06. The van der Waals surface area contributed by atoms with Gasteiger partial charge in [-0.05, 0) is 38.5 Å². The van der Waals surface area contributed by atoms with E-state index in [0.29, 0.717) is 0 Å². The van der Waals surface area contributed by atoms with Crippen LogP contribution in [0, 0.1) is 5.82 Å². The second-order valence-electron chi connectivity index (χ2n) is 4.69. The van der Waals surface area contributed by atoms with E-state index in [-0.39, 0.29) is 16.8 Å². The van der Waals surface area contributed by atoms with E-state index in [0.717, 1.165) is 12.1 Å². The highest BCUT2D eigenvalue weighted by Crippen LogP contribution is 2.37. The van der Waals surface area contributed by atoms with Crippen LogP contribution in [0.25, 0.3) is 0 Å². The summed E-state index contributed by atoms with van der Waals surface area (Å²) in [5.74, 6) is -3.92. The van der Waals surface area contributed by atoms with Crippen LogP contribution in [0.2, 0.25) is 0 Å². The second-order valence-corrected chi connectivity index (χ2v) is 4.69. The van der Waals surface area contributed by atoms with Gasteiger partial charge in [-0.1, -0.05) is 12.0 Å². The summed E-state index contributed by atoms with van der Waals surface area (Å²) in [6.07, 6.45) is 0. The monoisotopic (exact) mass is 254 g/mol. The van der Waals surface area contributed by atoms with E-state index < -0.39 is 17.3 Å². The molecule has 0 saturated heterocycles. The molecule has 0 bridgehead atoms. The van der Waals surface area contributed by atoms with E-state index in [9.17, 15) is 13.2 Å². The largest absolute Gasteiger partial charge is 0.481 e. The number of halogens is 3. The lowest BCUT2D eigenvalue weighted by Gasteiger charge is -2.35. The molecule has 0 aliphatic rings. The standard InChI is InChI=1S/C13H14BF3O/c1-8(2)13(16,17)12(3,4)18-11-6-9(14)5-10(15)7-11/h5-7H,1H2,2-4H3. The molecule has 0 spiro atoms. The molecule has 96 valence electrons. The zero-order chi connectivity index (χ0) is 14.1. The first-order valence-corrected chi connectivity index (χ1v) is 5.35. The van der Waals surface area contributed by atoms with Crippen molar-refractivity contribution in [3.05, 3.63) is 36.2 Å². The van der Waals surface area contributed by atoms with Gasteiger partial charge in [0.05, 0.1) is 0 Å². The van der Waals surface area contributed by atoms with E-state index in [1.54, 1.807) is 0 Å². The molecule has 1 aromatic carbocycles. The molecule has 5 heteroatoms. The third-order valence-electron chi connectivity index (χ3n) is 2.56. The van der Waals surface area contributed by atoms with Crippen LogP contribution in [-0.2, 0) is 0 Å². The molecule has 0 fully saturated rings. The van der Waals surface area contributed by atoms with Gasteiger partial charge in [0.2, 0.25) is 0 Å². The molecule has 0 aliphatic carbocycles. The van der Waals surface area contributed by atoms with Crippen molar-refractivity contribution in [2.24, 2.45) is 0 Å². The van der Waals surface area contributed by atoms with Gasteiger partial charge in [0.15, 0.2) is 5.60 Å². The highest BCUT2D eigenvalue weighted by molar-refractivity contribution is 6.32. The Hall–Kier alpha value is -1.39. The van der Waals surface area contributed by atoms with E-state index in [1.165, 1.54) is 26.8 Å². The Morgan fingerprint density at radius 1 is 1.28 bits per heavy atom. The third-order valence-corrected chi connectivity index (χ3v) is 2.56. The molecule has 0 atom stereocenters. The average Bonchev–Trinajstić information content (AvgIpc) is 2.13. The number of rotatable bonds is 4. The normalized spacial score (nSPS) is 12.3. The second kappa shape index (κ2) is 4.71. The van der Waals surface area contributed by atoms with Crippen LogP contribution in [-0.4, -0.2) is 19.4 Å². The predicted octanol–water partition coefficient (Wildman–Crippen LogP) is 2.99. The van der Waals surface area contributed by atoms with Crippen LogP contribution < -0.4 is 10.2 Å². The fraction of sp³-hybridized carbons (Fsp3) is 0.385. The zero-order valence-electron chi connectivity index (χ0n) is 10.6. The van der Waals surface area contributed by atoms with Crippen LogP contribution in [0.3, 0.4) is 0 Å². The number of alkyl halides is 2. The van der Waals surface area contributed by atoms with Crippen LogP contribution in [0.4, 0.5) is 13.2 Å². The van der Waals surface area contributed by atoms with Gasteiger partial charge in [0, 0.05) is 6.07 Å². The maximum absolute atomic E-state index is 13.9. The molecule has 0 unspecified atom stereocenters. The molecule has 0 saturated carbocycles. The summed E-state index contributed by atoms with van der Waals surface area (Å²) >= 11 is 0. The summed E-state index contributed by atoms with van der Waals surface area (Å²) in [6.45, 7) is 6.88. The van der Waals surface area contributed by atoms with Gasteiger partial charge >= 0.3 is 5.92 Å². The van der Waals surface area contributed by atoms with Gasteiger partial charge in [0.1, 0.15) is 19.4 Å². The van der Waals surface area contributed by atoms with Gasteiger partial charge in [-0.2, -0.15) is 8.78 Å². The van der Waals surface area contributed by atoms with Crippen molar-refractivity contribution in [2.75, 3.05) is 0 Å². The molecular weight excluding hydrogens is 240 g/mol. The van der Waals surface area contributed by atoms with Gasteiger partial charge in [0.25, 0.3) is 0 Å². The van der Waals surface area contributed by atoms with E-state index in [2.05, 4.69) is 6.58 Å². The first kappa shape index (κ1) is 14.7. The molecule has 0 aliphatic heterocycles. The van der Waals surface area contributed by atoms with Crippen molar-refractivity contribution in [1.82, 2.24) is 0 Å². The molecule has 0 heterocycles. The minimum Gasteiger partial charge on any atom is -0.481 e. The van der Waals surface area contributed by atoms with Crippen molar-refractivity contribution in [1.29, 1.82) is 0 Å².